The molecule has 0 aromatic carbocycles. The van der Waals surface area contributed by atoms with Crippen LogP contribution in [0, 0.1) is 11.8 Å². The molecule has 0 saturated heterocycles. The van der Waals surface area contributed by atoms with E-state index in [1.54, 1.807) is 0 Å². The zero-order valence-corrected chi connectivity index (χ0v) is 14.8. The second-order valence-electron chi connectivity index (χ2n) is 8.65. The Morgan fingerprint density at radius 2 is 1.18 bits per heavy atom. The van der Waals surface area contributed by atoms with Crippen LogP contribution in [0.1, 0.15) is 89.9 Å². The lowest BCUT2D eigenvalue weighted by Gasteiger charge is -2.41. The van der Waals surface area contributed by atoms with E-state index in [2.05, 4.69) is 11.9 Å². The van der Waals surface area contributed by atoms with Crippen LogP contribution in [0.5, 0.6) is 0 Å². The highest BCUT2D eigenvalue weighted by Gasteiger charge is 2.30. The quantitative estimate of drug-likeness (QED) is 0.814. The van der Waals surface area contributed by atoms with Crippen molar-refractivity contribution in [2.75, 3.05) is 7.05 Å². The molecular formula is C20H38N2. The van der Waals surface area contributed by atoms with Gasteiger partial charge in [0.1, 0.15) is 0 Å². The van der Waals surface area contributed by atoms with Crippen LogP contribution in [0.25, 0.3) is 0 Å². The van der Waals surface area contributed by atoms with Gasteiger partial charge in [-0.15, -0.1) is 0 Å². The van der Waals surface area contributed by atoms with E-state index in [9.17, 15) is 0 Å². The van der Waals surface area contributed by atoms with Gasteiger partial charge in [-0.05, 0) is 89.5 Å². The highest BCUT2D eigenvalue weighted by molar-refractivity contribution is 4.85. The lowest BCUT2D eigenvalue weighted by Crippen LogP contribution is -2.43. The molecule has 0 bridgehead atoms. The summed E-state index contributed by atoms with van der Waals surface area (Å²) in [7, 11) is 2.42. The molecule has 0 heterocycles. The standard InChI is InChI=1S/C20H38N2/c1-22(19-5-3-2-4-6-19)20-13-9-17(10-14-20)15-16-7-11-18(21)12-8-16/h16-20H,2-15,21H2,1H3. The van der Waals surface area contributed by atoms with Crippen molar-refractivity contribution in [2.45, 2.75) is 108 Å². The minimum Gasteiger partial charge on any atom is -0.328 e. The Balaban J connectivity index is 1.38. The number of nitrogens with two attached hydrogens (primary N) is 1. The van der Waals surface area contributed by atoms with Crippen molar-refractivity contribution < 1.29 is 0 Å². The van der Waals surface area contributed by atoms with Crippen LogP contribution < -0.4 is 5.73 Å². The maximum atomic E-state index is 6.05. The summed E-state index contributed by atoms with van der Waals surface area (Å²) in [6.07, 6.45) is 20.1. The van der Waals surface area contributed by atoms with Crippen molar-refractivity contribution in [2.24, 2.45) is 17.6 Å². The van der Waals surface area contributed by atoms with Crippen molar-refractivity contribution in [1.82, 2.24) is 4.90 Å². The molecule has 2 nitrogen and oxygen atoms in total. The van der Waals surface area contributed by atoms with E-state index in [0.717, 1.165) is 23.9 Å². The molecule has 3 rings (SSSR count). The van der Waals surface area contributed by atoms with Crippen molar-refractivity contribution in [3.8, 4) is 0 Å². The molecule has 3 aliphatic rings. The van der Waals surface area contributed by atoms with Gasteiger partial charge in [-0.3, -0.25) is 0 Å². The summed E-state index contributed by atoms with van der Waals surface area (Å²) in [5.41, 5.74) is 6.05. The fourth-order valence-electron chi connectivity index (χ4n) is 5.47. The summed E-state index contributed by atoms with van der Waals surface area (Å²) in [5, 5.41) is 0. The summed E-state index contributed by atoms with van der Waals surface area (Å²) in [4.78, 5) is 2.77. The molecule has 22 heavy (non-hydrogen) atoms. The normalized spacial score (nSPS) is 38.3. The molecule has 0 aromatic rings. The van der Waals surface area contributed by atoms with Gasteiger partial charge in [-0.25, -0.2) is 0 Å². The molecule has 0 amide bonds. The number of nitrogens with zero attached hydrogens (tertiary/aromatic N) is 1. The van der Waals surface area contributed by atoms with Crippen LogP contribution in [0.3, 0.4) is 0 Å². The number of hydrogen-bond acceptors (Lipinski definition) is 2. The Bertz CT molecular complexity index is 308. The van der Waals surface area contributed by atoms with Crippen molar-refractivity contribution in [3.05, 3.63) is 0 Å². The van der Waals surface area contributed by atoms with E-state index in [1.165, 1.54) is 89.9 Å². The van der Waals surface area contributed by atoms with Crippen LogP contribution in [0.2, 0.25) is 0 Å². The third-order valence-electron chi connectivity index (χ3n) is 7.10. The highest BCUT2D eigenvalue weighted by atomic mass is 15.2. The Labute approximate surface area is 138 Å². The highest BCUT2D eigenvalue weighted by Crippen LogP contribution is 2.37. The molecule has 3 saturated carbocycles. The minimum absolute atomic E-state index is 0.510. The molecular weight excluding hydrogens is 268 g/mol. The Morgan fingerprint density at radius 1 is 0.682 bits per heavy atom. The van der Waals surface area contributed by atoms with E-state index < -0.39 is 0 Å². The third-order valence-corrected chi connectivity index (χ3v) is 7.10. The topological polar surface area (TPSA) is 29.3 Å². The van der Waals surface area contributed by atoms with Gasteiger partial charge in [-0.2, -0.15) is 0 Å². The fourth-order valence-corrected chi connectivity index (χ4v) is 5.47. The predicted molar refractivity (Wildman–Crippen MR) is 94.9 cm³/mol. The van der Waals surface area contributed by atoms with Gasteiger partial charge in [0, 0.05) is 18.1 Å². The van der Waals surface area contributed by atoms with Gasteiger partial charge < -0.3 is 10.6 Å². The second kappa shape index (κ2) is 8.15. The van der Waals surface area contributed by atoms with E-state index in [4.69, 9.17) is 5.73 Å². The zero-order valence-electron chi connectivity index (χ0n) is 14.8. The Hall–Kier alpha value is -0.0800. The Kier molecular flexibility index (Phi) is 6.21. The SMILES string of the molecule is CN(C1CCCCC1)C1CCC(CC2CCC(N)CC2)CC1. The maximum Gasteiger partial charge on any atom is 0.00953 e. The van der Waals surface area contributed by atoms with Crippen LogP contribution in [-0.4, -0.2) is 30.1 Å². The van der Waals surface area contributed by atoms with Crippen molar-refractivity contribution >= 4 is 0 Å². The maximum absolute atomic E-state index is 6.05. The summed E-state index contributed by atoms with van der Waals surface area (Å²) in [6, 6.07) is 2.30. The van der Waals surface area contributed by atoms with Gasteiger partial charge in [0.05, 0.1) is 0 Å². The van der Waals surface area contributed by atoms with Gasteiger partial charge in [0.15, 0.2) is 0 Å². The molecule has 3 aliphatic carbocycles. The Morgan fingerprint density at radius 3 is 1.77 bits per heavy atom. The summed E-state index contributed by atoms with van der Waals surface area (Å²) >= 11 is 0. The molecule has 2 N–H and O–H groups in total. The molecule has 0 aromatic heterocycles. The summed E-state index contributed by atoms with van der Waals surface area (Å²) in [5.74, 6) is 2.02. The average molecular weight is 307 g/mol. The van der Waals surface area contributed by atoms with Crippen molar-refractivity contribution in [1.29, 1.82) is 0 Å². The summed E-state index contributed by atoms with van der Waals surface area (Å²) in [6.45, 7) is 0. The van der Waals surface area contributed by atoms with E-state index in [1.807, 2.05) is 0 Å². The average Bonchev–Trinajstić information content (AvgIpc) is 2.58. The monoisotopic (exact) mass is 306 g/mol. The van der Waals surface area contributed by atoms with Crippen LogP contribution in [0.4, 0.5) is 0 Å². The van der Waals surface area contributed by atoms with E-state index >= 15 is 0 Å². The first-order valence-electron chi connectivity index (χ1n) is 10.2. The van der Waals surface area contributed by atoms with E-state index in [-0.39, 0.29) is 0 Å². The molecule has 2 heteroatoms. The van der Waals surface area contributed by atoms with E-state index in [0.29, 0.717) is 6.04 Å². The lowest BCUT2D eigenvalue weighted by atomic mass is 9.75. The first-order valence-corrected chi connectivity index (χ1v) is 10.2. The van der Waals surface area contributed by atoms with Crippen LogP contribution >= 0.6 is 0 Å². The molecule has 128 valence electrons. The van der Waals surface area contributed by atoms with Crippen molar-refractivity contribution in [3.63, 3.8) is 0 Å². The van der Waals surface area contributed by atoms with Gasteiger partial charge in [0.25, 0.3) is 0 Å². The van der Waals surface area contributed by atoms with Crippen LogP contribution in [0.15, 0.2) is 0 Å². The first-order chi connectivity index (χ1) is 10.7. The smallest absolute Gasteiger partial charge is 0.00953 e. The fraction of sp³-hybridized carbons (Fsp3) is 1.00. The molecule has 0 atom stereocenters. The molecule has 0 unspecified atom stereocenters. The van der Waals surface area contributed by atoms with Gasteiger partial charge in [0.2, 0.25) is 0 Å². The first kappa shape index (κ1) is 16.8. The molecule has 0 aliphatic heterocycles. The van der Waals surface area contributed by atoms with Gasteiger partial charge >= 0.3 is 0 Å². The lowest BCUT2D eigenvalue weighted by molar-refractivity contribution is 0.0911. The predicted octanol–water partition coefficient (Wildman–Crippen LogP) is 4.72. The number of rotatable bonds is 4. The largest absolute Gasteiger partial charge is 0.328 e. The summed E-state index contributed by atoms with van der Waals surface area (Å²) < 4.78 is 0. The second-order valence-corrected chi connectivity index (χ2v) is 8.65. The molecule has 0 spiro atoms. The molecule has 3 fully saturated rings. The third kappa shape index (κ3) is 4.47. The van der Waals surface area contributed by atoms with Gasteiger partial charge in [-0.1, -0.05) is 19.3 Å². The minimum atomic E-state index is 0.510. The number of hydrogen-bond donors (Lipinski definition) is 1. The zero-order chi connectivity index (χ0) is 15.4. The van der Waals surface area contributed by atoms with Crippen LogP contribution in [-0.2, 0) is 0 Å². The molecule has 0 radical (unpaired) electrons.